The van der Waals surface area contributed by atoms with Crippen LogP contribution >= 0.6 is 0 Å². The lowest BCUT2D eigenvalue weighted by molar-refractivity contribution is -0.0829. The highest BCUT2D eigenvalue weighted by atomic mass is 14.7. The third kappa shape index (κ3) is 8.27. The van der Waals surface area contributed by atoms with E-state index in [2.05, 4.69) is 0 Å². The lowest BCUT2D eigenvalue weighted by Crippen LogP contribution is -2.51. The van der Waals surface area contributed by atoms with Crippen LogP contribution in [-0.2, 0) is 0 Å². The van der Waals surface area contributed by atoms with Gasteiger partial charge < -0.3 is 0 Å². The van der Waals surface area contributed by atoms with Crippen LogP contribution in [-0.4, -0.2) is 0 Å². The van der Waals surface area contributed by atoms with E-state index in [1.165, 1.54) is 25.7 Å². The first kappa shape index (κ1) is 37.9. The Morgan fingerprint density at radius 1 is 0.196 bits per heavy atom. The average Bonchev–Trinajstić information content (AvgIpc) is 3.99. The molecule has 0 aromatic heterocycles. The Balaban J connectivity index is 1.19. The summed E-state index contributed by atoms with van der Waals surface area (Å²) in [5, 5.41) is 0. The zero-order valence-electron chi connectivity index (χ0n) is 34.3. The molecule has 0 aliphatic heterocycles. The molecule has 0 spiro atoms. The van der Waals surface area contributed by atoms with Gasteiger partial charge in [0.15, 0.2) is 0 Å². The van der Waals surface area contributed by atoms with Crippen molar-refractivity contribution >= 4 is 0 Å². The van der Waals surface area contributed by atoms with E-state index in [9.17, 15) is 0 Å². The van der Waals surface area contributed by atoms with Crippen LogP contribution in [0.3, 0.4) is 0 Å². The molecule has 0 aromatic rings. The number of rotatable bonds is 7. The fourth-order valence-electron chi connectivity index (χ4n) is 17.5. The minimum Gasteiger partial charge on any atom is -0.0533 e. The van der Waals surface area contributed by atoms with Crippen molar-refractivity contribution in [1.82, 2.24) is 0 Å². The molecule has 0 saturated heterocycles. The van der Waals surface area contributed by atoms with Crippen molar-refractivity contribution in [3.63, 3.8) is 0 Å². The summed E-state index contributed by atoms with van der Waals surface area (Å²) in [6.07, 6.45) is 60.4. The van der Waals surface area contributed by atoms with Crippen LogP contribution in [0, 0.1) is 76.4 Å². The molecule has 0 heterocycles. The lowest BCUT2D eigenvalue weighted by atomic mass is 9.48. The molecular formula is C51H88. The third-order valence-corrected chi connectivity index (χ3v) is 19.2. The zero-order valence-corrected chi connectivity index (χ0v) is 34.3. The molecule has 8 aliphatic carbocycles. The van der Waals surface area contributed by atoms with Gasteiger partial charge in [0, 0.05) is 0 Å². The minimum absolute atomic E-state index is 0.706. The van der Waals surface area contributed by atoms with Gasteiger partial charge >= 0.3 is 0 Å². The van der Waals surface area contributed by atoms with Gasteiger partial charge in [-0.1, -0.05) is 218 Å². The highest BCUT2D eigenvalue weighted by Crippen LogP contribution is 2.75. The van der Waals surface area contributed by atoms with Gasteiger partial charge in [0.25, 0.3) is 0 Å². The third-order valence-electron chi connectivity index (χ3n) is 19.2. The summed E-state index contributed by atoms with van der Waals surface area (Å²) in [5.41, 5.74) is 0.706. The fourth-order valence-corrected chi connectivity index (χ4v) is 17.5. The van der Waals surface area contributed by atoms with Crippen molar-refractivity contribution in [2.45, 2.75) is 244 Å². The van der Waals surface area contributed by atoms with E-state index >= 15 is 0 Å². The normalized spacial score (nSPS) is 40.7. The van der Waals surface area contributed by atoms with E-state index in [1.807, 2.05) is 0 Å². The summed E-state index contributed by atoms with van der Waals surface area (Å²) in [5.74, 6) is 13.2. The Labute approximate surface area is 319 Å². The van der Waals surface area contributed by atoms with Gasteiger partial charge in [-0.15, -0.1) is 0 Å². The van der Waals surface area contributed by atoms with Gasteiger partial charge in [-0.2, -0.15) is 0 Å². The van der Waals surface area contributed by atoms with Crippen LogP contribution in [0.25, 0.3) is 0 Å². The van der Waals surface area contributed by atoms with Crippen LogP contribution in [0.2, 0.25) is 0 Å². The van der Waals surface area contributed by atoms with Gasteiger partial charge in [-0.3, -0.25) is 0 Å². The molecule has 8 saturated carbocycles. The van der Waals surface area contributed by atoms with E-state index in [0.717, 1.165) is 71.0 Å². The molecule has 0 aromatic carbocycles. The zero-order chi connectivity index (χ0) is 34.3. The summed E-state index contributed by atoms with van der Waals surface area (Å²) in [4.78, 5) is 0. The molecule has 0 radical (unpaired) electrons. The van der Waals surface area contributed by atoms with Crippen molar-refractivity contribution < 1.29 is 0 Å². The first-order valence-corrected chi connectivity index (χ1v) is 25.4. The largest absolute Gasteiger partial charge is 0.0533 e. The molecular weight excluding hydrogens is 613 g/mol. The summed E-state index contributed by atoms with van der Waals surface area (Å²) in [7, 11) is 0. The molecule has 0 bridgehead atoms. The molecule has 0 nitrogen and oxygen atoms in total. The second-order valence-corrected chi connectivity index (χ2v) is 21.6. The van der Waals surface area contributed by atoms with E-state index in [4.69, 9.17) is 0 Å². The average molecular weight is 701 g/mol. The van der Waals surface area contributed by atoms with E-state index in [1.54, 1.807) is 218 Å². The van der Waals surface area contributed by atoms with Gasteiger partial charge in [0.05, 0.1) is 0 Å². The minimum atomic E-state index is 0.706. The summed E-state index contributed by atoms with van der Waals surface area (Å²) < 4.78 is 0. The van der Waals surface area contributed by atoms with Crippen LogP contribution < -0.4 is 0 Å². The maximum atomic E-state index is 1.65. The predicted molar refractivity (Wildman–Crippen MR) is 220 cm³/mol. The van der Waals surface area contributed by atoms with E-state index in [0.29, 0.717) is 5.41 Å². The molecule has 0 heteroatoms. The Morgan fingerprint density at radius 2 is 0.412 bits per heavy atom. The maximum Gasteiger partial charge on any atom is -0.0173 e. The van der Waals surface area contributed by atoms with Gasteiger partial charge in [-0.05, 0) is 102 Å². The van der Waals surface area contributed by atoms with Crippen LogP contribution in [0.1, 0.15) is 244 Å². The summed E-state index contributed by atoms with van der Waals surface area (Å²) in [6.45, 7) is 0. The number of hydrogen-bond donors (Lipinski definition) is 0. The molecule has 6 atom stereocenters. The smallest absolute Gasteiger partial charge is 0.0173 e. The van der Waals surface area contributed by atoms with Crippen molar-refractivity contribution in [1.29, 1.82) is 0 Å². The quantitative estimate of drug-likeness (QED) is 0.248. The highest BCUT2D eigenvalue weighted by molar-refractivity contribution is 5.17. The van der Waals surface area contributed by atoms with Crippen LogP contribution in [0.15, 0.2) is 0 Å². The van der Waals surface area contributed by atoms with Crippen molar-refractivity contribution in [3.8, 4) is 0 Å². The lowest BCUT2D eigenvalue weighted by Gasteiger charge is -2.56. The molecule has 6 unspecified atom stereocenters. The molecule has 0 amide bonds. The molecule has 0 N–H and O–H groups in total. The van der Waals surface area contributed by atoms with Gasteiger partial charge in [-0.25, -0.2) is 0 Å². The second kappa shape index (κ2) is 18.8. The van der Waals surface area contributed by atoms with Crippen LogP contribution in [0.4, 0.5) is 0 Å². The monoisotopic (exact) mass is 701 g/mol. The number of hydrogen-bond acceptors (Lipinski definition) is 0. The molecule has 8 rings (SSSR count). The standard InChI is InChI=1S/C51H88/c1-2-4-6-8-35-45(36-20-19-26-39(23-7-5-3-1)40-24-9-10-25-40)51(46-37-21-22-38-46)49(43-31-15-16-32-43)47(41-27-11-12-28-41)48(42-29-13-14-30-42)50(51)44-33-17-18-34-44/h39-50H,1-38H2. The van der Waals surface area contributed by atoms with E-state index in [-0.39, 0.29) is 0 Å². The van der Waals surface area contributed by atoms with Crippen LogP contribution in [0.5, 0.6) is 0 Å². The van der Waals surface area contributed by atoms with Crippen molar-refractivity contribution in [2.24, 2.45) is 76.4 Å². The molecule has 8 fully saturated rings. The molecule has 51 heavy (non-hydrogen) atoms. The van der Waals surface area contributed by atoms with Crippen molar-refractivity contribution in [3.05, 3.63) is 0 Å². The van der Waals surface area contributed by atoms with Gasteiger partial charge in [0.1, 0.15) is 0 Å². The molecule has 8 aliphatic rings. The highest BCUT2D eigenvalue weighted by Gasteiger charge is 2.69. The second-order valence-electron chi connectivity index (χ2n) is 21.6. The Hall–Kier alpha value is 0. The molecule has 292 valence electrons. The van der Waals surface area contributed by atoms with Crippen molar-refractivity contribution in [2.75, 3.05) is 0 Å². The maximum absolute atomic E-state index is 1.65. The first-order chi connectivity index (χ1) is 25.4. The summed E-state index contributed by atoms with van der Waals surface area (Å²) >= 11 is 0. The Kier molecular flexibility index (Phi) is 13.9. The Morgan fingerprint density at radius 3 is 0.745 bits per heavy atom. The topological polar surface area (TPSA) is 0 Å². The fraction of sp³-hybridized carbons (Fsp3) is 1.00. The van der Waals surface area contributed by atoms with E-state index < -0.39 is 0 Å². The Bertz CT molecular complexity index is 932. The SMILES string of the molecule is C1CCCCCC(C2(C3CCCC3)C(C3CCCC3)C(C3CCCC3)C(C3CCCC3)C2C2CCCC2)CCCCC(C2CCCC2)CCCC1. The van der Waals surface area contributed by atoms with Gasteiger partial charge in [0.2, 0.25) is 0 Å². The summed E-state index contributed by atoms with van der Waals surface area (Å²) in [6, 6.07) is 0. The predicted octanol–water partition coefficient (Wildman–Crippen LogP) is 16.3. The first-order valence-electron chi connectivity index (χ1n) is 25.4.